The zero-order valence-electron chi connectivity index (χ0n) is 8.55. The van der Waals surface area contributed by atoms with Gasteiger partial charge in [0.05, 0.1) is 12.5 Å². The highest BCUT2D eigenvalue weighted by atomic mass is 16.4. The Labute approximate surface area is 88.1 Å². The van der Waals surface area contributed by atoms with Crippen molar-refractivity contribution in [1.82, 2.24) is 10.2 Å². The van der Waals surface area contributed by atoms with E-state index < -0.39 is 0 Å². The summed E-state index contributed by atoms with van der Waals surface area (Å²) in [5.41, 5.74) is 6.56. The third-order valence-electron chi connectivity index (χ3n) is 2.33. The number of nitrogens with zero attached hydrogens (tertiary/aromatic N) is 2. The summed E-state index contributed by atoms with van der Waals surface area (Å²) in [6.07, 6.45) is 0. The number of hydrogen-bond donors (Lipinski definition) is 1. The van der Waals surface area contributed by atoms with E-state index in [1.54, 1.807) is 0 Å². The molecule has 0 unspecified atom stereocenters. The Morgan fingerprint density at radius 3 is 2.60 bits per heavy atom. The van der Waals surface area contributed by atoms with Crippen molar-refractivity contribution < 1.29 is 4.42 Å². The molecule has 2 aromatic rings. The van der Waals surface area contributed by atoms with Crippen molar-refractivity contribution in [2.45, 2.75) is 19.4 Å². The number of hydrogen-bond acceptors (Lipinski definition) is 4. The first kappa shape index (κ1) is 9.86. The van der Waals surface area contributed by atoms with Crippen molar-refractivity contribution in [3.8, 4) is 0 Å². The molecule has 0 saturated heterocycles. The van der Waals surface area contributed by atoms with Gasteiger partial charge in [0.1, 0.15) is 0 Å². The van der Waals surface area contributed by atoms with Gasteiger partial charge in [-0.3, -0.25) is 0 Å². The van der Waals surface area contributed by atoms with Crippen molar-refractivity contribution in [3.05, 3.63) is 47.7 Å². The Bertz CT molecular complexity index is 424. The van der Waals surface area contributed by atoms with Crippen LogP contribution in [0.2, 0.25) is 0 Å². The molecule has 0 amide bonds. The van der Waals surface area contributed by atoms with Gasteiger partial charge in [0.2, 0.25) is 11.8 Å². The lowest BCUT2D eigenvalue weighted by Gasteiger charge is -2.05. The molecule has 15 heavy (non-hydrogen) atoms. The van der Waals surface area contributed by atoms with E-state index in [9.17, 15) is 0 Å². The molecule has 4 heteroatoms. The molecule has 0 aliphatic heterocycles. The largest absolute Gasteiger partial charge is 0.423 e. The molecular weight excluding hydrogens is 190 g/mol. The quantitative estimate of drug-likeness (QED) is 0.824. The molecule has 0 fully saturated rings. The average Bonchev–Trinajstić information content (AvgIpc) is 2.78. The maximum atomic E-state index is 5.41. The van der Waals surface area contributed by atoms with E-state index in [1.807, 2.05) is 37.3 Å². The third-order valence-corrected chi connectivity index (χ3v) is 2.33. The van der Waals surface area contributed by atoms with Gasteiger partial charge in [0, 0.05) is 0 Å². The Morgan fingerprint density at radius 1 is 1.27 bits per heavy atom. The molecule has 4 nitrogen and oxygen atoms in total. The van der Waals surface area contributed by atoms with Gasteiger partial charge in [0.25, 0.3) is 0 Å². The van der Waals surface area contributed by atoms with Crippen LogP contribution in [-0.4, -0.2) is 10.2 Å². The van der Waals surface area contributed by atoms with Gasteiger partial charge in [-0.05, 0) is 12.5 Å². The number of benzene rings is 1. The van der Waals surface area contributed by atoms with Crippen LogP contribution in [0.25, 0.3) is 0 Å². The lowest BCUT2D eigenvalue weighted by atomic mass is 10.0. The molecule has 0 aliphatic carbocycles. The Morgan fingerprint density at radius 2 is 2.00 bits per heavy atom. The van der Waals surface area contributed by atoms with E-state index in [0.717, 1.165) is 5.56 Å². The SMILES string of the molecule is C[C@@H](c1ccccc1)c1nnc(CN)o1. The summed E-state index contributed by atoms with van der Waals surface area (Å²) >= 11 is 0. The van der Waals surface area contributed by atoms with Crippen LogP contribution in [0.4, 0.5) is 0 Å². The van der Waals surface area contributed by atoms with Gasteiger partial charge in [-0.25, -0.2) is 0 Å². The van der Waals surface area contributed by atoms with Gasteiger partial charge < -0.3 is 10.2 Å². The summed E-state index contributed by atoms with van der Waals surface area (Å²) in [6.45, 7) is 2.32. The number of rotatable bonds is 3. The Kier molecular flexibility index (Phi) is 2.78. The molecule has 0 aliphatic rings. The highest BCUT2D eigenvalue weighted by molar-refractivity contribution is 5.23. The molecule has 0 bridgehead atoms. The molecule has 0 spiro atoms. The van der Waals surface area contributed by atoms with Gasteiger partial charge in [-0.2, -0.15) is 0 Å². The summed E-state index contributed by atoms with van der Waals surface area (Å²) in [4.78, 5) is 0. The monoisotopic (exact) mass is 203 g/mol. The fraction of sp³-hybridized carbons (Fsp3) is 0.273. The molecular formula is C11H13N3O. The van der Waals surface area contributed by atoms with Gasteiger partial charge in [-0.1, -0.05) is 30.3 Å². The van der Waals surface area contributed by atoms with Crippen LogP contribution in [0.5, 0.6) is 0 Å². The zero-order valence-corrected chi connectivity index (χ0v) is 8.55. The first-order chi connectivity index (χ1) is 7.31. The highest BCUT2D eigenvalue weighted by Crippen LogP contribution is 2.22. The average molecular weight is 203 g/mol. The van der Waals surface area contributed by atoms with E-state index in [0.29, 0.717) is 11.8 Å². The zero-order chi connectivity index (χ0) is 10.7. The normalized spacial score (nSPS) is 12.7. The van der Waals surface area contributed by atoms with Crippen LogP contribution < -0.4 is 5.73 Å². The van der Waals surface area contributed by atoms with E-state index in [-0.39, 0.29) is 12.5 Å². The van der Waals surface area contributed by atoms with Crippen LogP contribution in [0.1, 0.15) is 30.2 Å². The first-order valence-electron chi connectivity index (χ1n) is 4.88. The molecule has 1 heterocycles. The van der Waals surface area contributed by atoms with Crippen LogP contribution in [-0.2, 0) is 6.54 Å². The minimum absolute atomic E-state index is 0.110. The van der Waals surface area contributed by atoms with Crippen LogP contribution in [0.3, 0.4) is 0 Å². The summed E-state index contributed by atoms with van der Waals surface area (Å²) in [6, 6.07) is 10.0. The predicted molar refractivity (Wildman–Crippen MR) is 56.1 cm³/mol. The van der Waals surface area contributed by atoms with Gasteiger partial charge in [0.15, 0.2) is 0 Å². The minimum atomic E-state index is 0.110. The molecule has 0 radical (unpaired) electrons. The molecule has 2 rings (SSSR count). The van der Waals surface area contributed by atoms with Crippen LogP contribution in [0.15, 0.2) is 34.7 Å². The summed E-state index contributed by atoms with van der Waals surface area (Å²) < 4.78 is 5.40. The third kappa shape index (κ3) is 2.05. The van der Waals surface area contributed by atoms with E-state index in [4.69, 9.17) is 10.2 Å². The van der Waals surface area contributed by atoms with Crippen LogP contribution >= 0.6 is 0 Å². The highest BCUT2D eigenvalue weighted by Gasteiger charge is 2.14. The summed E-state index contributed by atoms with van der Waals surface area (Å²) in [7, 11) is 0. The fourth-order valence-corrected chi connectivity index (χ4v) is 1.41. The second-order valence-corrected chi connectivity index (χ2v) is 3.37. The standard InChI is InChI=1S/C11H13N3O/c1-8(9-5-3-2-4-6-9)11-14-13-10(7-12)15-11/h2-6,8H,7,12H2,1H3/t8-/m0/s1. The van der Waals surface area contributed by atoms with Crippen molar-refractivity contribution in [2.75, 3.05) is 0 Å². The summed E-state index contributed by atoms with van der Waals surface area (Å²) in [5, 5.41) is 7.81. The van der Waals surface area contributed by atoms with Gasteiger partial charge >= 0.3 is 0 Å². The van der Waals surface area contributed by atoms with Crippen molar-refractivity contribution in [3.63, 3.8) is 0 Å². The Balaban J connectivity index is 2.24. The molecule has 1 aromatic carbocycles. The molecule has 1 atom stereocenters. The number of nitrogens with two attached hydrogens (primary N) is 1. The van der Waals surface area contributed by atoms with Gasteiger partial charge in [-0.15, -0.1) is 10.2 Å². The minimum Gasteiger partial charge on any atom is -0.423 e. The fourth-order valence-electron chi connectivity index (χ4n) is 1.41. The molecule has 0 saturated carbocycles. The lowest BCUT2D eigenvalue weighted by Crippen LogP contribution is -1.96. The Hall–Kier alpha value is -1.68. The van der Waals surface area contributed by atoms with E-state index in [1.165, 1.54) is 0 Å². The van der Waals surface area contributed by atoms with Crippen molar-refractivity contribution in [2.24, 2.45) is 5.73 Å². The molecule has 1 aromatic heterocycles. The van der Waals surface area contributed by atoms with E-state index in [2.05, 4.69) is 10.2 Å². The summed E-state index contributed by atoms with van der Waals surface area (Å²) in [5.74, 6) is 1.20. The second-order valence-electron chi connectivity index (χ2n) is 3.37. The van der Waals surface area contributed by atoms with E-state index >= 15 is 0 Å². The first-order valence-corrected chi connectivity index (χ1v) is 4.88. The van der Waals surface area contributed by atoms with Crippen molar-refractivity contribution in [1.29, 1.82) is 0 Å². The predicted octanol–water partition coefficient (Wildman–Crippen LogP) is 1.68. The second kappa shape index (κ2) is 4.23. The van der Waals surface area contributed by atoms with Crippen LogP contribution in [0, 0.1) is 0 Å². The smallest absolute Gasteiger partial charge is 0.230 e. The van der Waals surface area contributed by atoms with Crippen molar-refractivity contribution >= 4 is 0 Å². The topological polar surface area (TPSA) is 64.9 Å². The molecule has 2 N–H and O–H groups in total. The lowest BCUT2D eigenvalue weighted by molar-refractivity contribution is 0.440. The maximum Gasteiger partial charge on any atom is 0.230 e. The maximum absolute atomic E-state index is 5.41. The number of aromatic nitrogens is 2. The molecule has 78 valence electrons.